The second-order valence-corrected chi connectivity index (χ2v) is 7.88. The van der Waals surface area contributed by atoms with Gasteiger partial charge in [0, 0.05) is 19.1 Å². The summed E-state index contributed by atoms with van der Waals surface area (Å²) in [4.78, 5) is 0. The first-order valence-electron chi connectivity index (χ1n) is 6.31. The Bertz CT molecular complexity index is 474. The summed E-state index contributed by atoms with van der Waals surface area (Å²) in [5, 5.41) is 5.06. The van der Waals surface area contributed by atoms with Crippen LogP contribution in [0.5, 0.6) is 0 Å². The van der Waals surface area contributed by atoms with Crippen molar-refractivity contribution in [2.45, 2.75) is 17.1 Å². The zero-order chi connectivity index (χ0) is 13.8. The zero-order valence-corrected chi connectivity index (χ0v) is 12.6. The summed E-state index contributed by atoms with van der Waals surface area (Å²) in [7, 11) is -1.72. The zero-order valence-electron chi connectivity index (χ0n) is 11.0. The van der Waals surface area contributed by atoms with E-state index in [0.29, 0.717) is 17.4 Å². The minimum absolute atomic E-state index is 0.0929. The van der Waals surface area contributed by atoms with E-state index >= 15 is 0 Å². The fraction of sp³-hybridized carbons (Fsp3) is 0.667. The molecule has 1 aliphatic rings. The van der Waals surface area contributed by atoms with Crippen molar-refractivity contribution in [3.05, 3.63) is 17.5 Å². The van der Waals surface area contributed by atoms with Crippen LogP contribution in [-0.4, -0.2) is 41.8 Å². The second kappa shape index (κ2) is 6.32. The van der Waals surface area contributed by atoms with Gasteiger partial charge >= 0.3 is 0 Å². The molecule has 1 aromatic heterocycles. The standard InChI is InChI=1S/C12H20N2O3S2/c1-17-10-12(4-6-13-7-5-12)9-14-19(15,16)11-3-2-8-18-11/h2-3,8,13-14H,4-7,9-10H2,1H3. The van der Waals surface area contributed by atoms with Crippen molar-refractivity contribution in [1.29, 1.82) is 0 Å². The molecule has 0 amide bonds. The lowest BCUT2D eigenvalue weighted by atomic mass is 9.80. The summed E-state index contributed by atoms with van der Waals surface area (Å²) < 4.78 is 32.6. The molecular weight excluding hydrogens is 284 g/mol. The van der Waals surface area contributed by atoms with Gasteiger partial charge in [-0.3, -0.25) is 0 Å². The monoisotopic (exact) mass is 304 g/mol. The Morgan fingerprint density at radius 2 is 2.21 bits per heavy atom. The molecule has 1 saturated heterocycles. The largest absolute Gasteiger partial charge is 0.384 e. The summed E-state index contributed by atoms with van der Waals surface area (Å²) in [5.74, 6) is 0. The molecule has 2 N–H and O–H groups in total. The number of methoxy groups -OCH3 is 1. The van der Waals surface area contributed by atoms with Gasteiger partial charge < -0.3 is 10.1 Å². The van der Waals surface area contributed by atoms with E-state index < -0.39 is 10.0 Å². The summed E-state index contributed by atoms with van der Waals surface area (Å²) in [6.07, 6.45) is 1.85. The van der Waals surface area contributed by atoms with Gasteiger partial charge in [0.15, 0.2) is 0 Å². The lowest BCUT2D eigenvalue weighted by Crippen LogP contribution is -2.47. The highest BCUT2D eigenvalue weighted by Crippen LogP contribution is 2.29. The Hall–Kier alpha value is -0.470. The molecule has 5 nitrogen and oxygen atoms in total. The molecule has 7 heteroatoms. The number of rotatable bonds is 6. The first-order valence-corrected chi connectivity index (χ1v) is 8.67. The normalized spacial score (nSPS) is 19.4. The molecular formula is C12H20N2O3S2. The first kappa shape index (κ1) is 14.9. The van der Waals surface area contributed by atoms with Crippen LogP contribution in [0.1, 0.15) is 12.8 Å². The van der Waals surface area contributed by atoms with E-state index in [2.05, 4.69) is 10.0 Å². The van der Waals surface area contributed by atoms with E-state index in [1.165, 1.54) is 11.3 Å². The molecule has 2 rings (SSSR count). The van der Waals surface area contributed by atoms with E-state index in [4.69, 9.17) is 4.74 Å². The lowest BCUT2D eigenvalue weighted by Gasteiger charge is -2.37. The van der Waals surface area contributed by atoms with Crippen molar-refractivity contribution in [3.63, 3.8) is 0 Å². The number of sulfonamides is 1. The molecule has 0 atom stereocenters. The van der Waals surface area contributed by atoms with Gasteiger partial charge in [0.05, 0.1) is 6.61 Å². The van der Waals surface area contributed by atoms with Crippen LogP contribution in [0.2, 0.25) is 0 Å². The highest BCUT2D eigenvalue weighted by molar-refractivity contribution is 7.91. The third-order valence-corrected chi connectivity index (χ3v) is 6.31. The van der Waals surface area contributed by atoms with Gasteiger partial charge in [-0.1, -0.05) is 6.07 Å². The quantitative estimate of drug-likeness (QED) is 0.824. The maximum absolute atomic E-state index is 12.1. The number of hydrogen-bond donors (Lipinski definition) is 2. The fourth-order valence-electron chi connectivity index (χ4n) is 2.37. The third-order valence-electron chi connectivity index (χ3n) is 3.51. The van der Waals surface area contributed by atoms with E-state index in [-0.39, 0.29) is 5.41 Å². The molecule has 1 aliphatic heterocycles. The van der Waals surface area contributed by atoms with Gasteiger partial charge in [0.2, 0.25) is 10.0 Å². The number of thiophene rings is 1. The van der Waals surface area contributed by atoms with Gasteiger partial charge in [0.1, 0.15) is 4.21 Å². The predicted molar refractivity (Wildman–Crippen MR) is 75.9 cm³/mol. The Morgan fingerprint density at radius 3 is 2.79 bits per heavy atom. The topological polar surface area (TPSA) is 67.4 Å². The smallest absolute Gasteiger partial charge is 0.250 e. The lowest BCUT2D eigenvalue weighted by molar-refractivity contribution is 0.0577. The van der Waals surface area contributed by atoms with Crippen molar-refractivity contribution in [2.24, 2.45) is 5.41 Å². The van der Waals surface area contributed by atoms with Crippen molar-refractivity contribution in [3.8, 4) is 0 Å². The Morgan fingerprint density at radius 1 is 1.47 bits per heavy atom. The maximum atomic E-state index is 12.1. The van der Waals surface area contributed by atoms with Crippen molar-refractivity contribution in [1.82, 2.24) is 10.0 Å². The molecule has 19 heavy (non-hydrogen) atoms. The highest BCUT2D eigenvalue weighted by atomic mass is 32.2. The van der Waals surface area contributed by atoms with Crippen molar-refractivity contribution < 1.29 is 13.2 Å². The van der Waals surface area contributed by atoms with Gasteiger partial charge in [-0.25, -0.2) is 13.1 Å². The maximum Gasteiger partial charge on any atom is 0.250 e. The highest BCUT2D eigenvalue weighted by Gasteiger charge is 2.33. The number of nitrogens with one attached hydrogen (secondary N) is 2. The van der Waals surface area contributed by atoms with Crippen molar-refractivity contribution >= 4 is 21.4 Å². The van der Waals surface area contributed by atoms with Gasteiger partial charge in [0.25, 0.3) is 0 Å². The van der Waals surface area contributed by atoms with Crippen LogP contribution >= 0.6 is 11.3 Å². The van der Waals surface area contributed by atoms with E-state index in [1.807, 2.05) is 0 Å². The number of hydrogen-bond acceptors (Lipinski definition) is 5. The number of piperidine rings is 1. The molecule has 0 aliphatic carbocycles. The summed E-state index contributed by atoms with van der Waals surface area (Å²) in [6.45, 7) is 2.83. The average Bonchev–Trinajstić information content (AvgIpc) is 2.93. The summed E-state index contributed by atoms with van der Waals surface area (Å²) >= 11 is 1.23. The average molecular weight is 304 g/mol. The van der Waals surface area contributed by atoms with Crippen LogP contribution < -0.4 is 10.0 Å². The summed E-state index contributed by atoms with van der Waals surface area (Å²) in [5.41, 5.74) is -0.0929. The van der Waals surface area contributed by atoms with Gasteiger partial charge in [-0.05, 0) is 37.4 Å². The molecule has 1 fully saturated rings. The molecule has 0 spiro atoms. The van der Waals surface area contributed by atoms with E-state index in [1.54, 1.807) is 24.6 Å². The molecule has 0 unspecified atom stereocenters. The van der Waals surface area contributed by atoms with E-state index in [9.17, 15) is 8.42 Å². The Kier molecular flexibility index (Phi) is 4.97. The number of ether oxygens (including phenoxy) is 1. The van der Waals surface area contributed by atoms with Crippen LogP contribution in [0.3, 0.4) is 0 Å². The molecule has 0 bridgehead atoms. The van der Waals surface area contributed by atoms with Crippen molar-refractivity contribution in [2.75, 3.05) is 33.4 Å². The second-order valence-electron chi connectivity index (χ2n) is 4.94. The molecule has 0 radical (unpaired) electrons. The summed E-state index contributed by atoms with van der Waals surface area (Å²) in [6, 6.07) is 3.37. The Balaban J connectivity index is 2.03. The molecule has 108 valence electrons. The fourth-order valence-corrected chi connectivity index (χ4v) is 4.57. The van der Waals surface area contributed by atoms with Crippen LogP contribution in [0.4, 0.5) is 0 Å². The third kappa shape index (κ3) is 3.76. The van der Waals surface area contributed by atoms with E-state index in [0.717, 1.165) is 25.9 Å². The van der Waals surface area contributed by atoms with Crippen LogP contribution in [0, 0.1) is 5.41 Å². The minimum Gasteiger partial charge on any atom is -0.384 e. The molecule has 0 saturated carbocycles. The SMILES string of the molecule is COCC1(CNS(=O)(=O)c2cccs2)CCNCC1. The molecule has 0 aromatic carbocycles. The molecule has 1 aromatic rings. The van der Waals surface area contributed by atoms with Crippen LogP contribution in [0.15, 0.2) is 21.7 Å². The van der Waals surface area contributed by atoms with Crippen LogP contribution in [0.25, 0.3) is 0 Å². The van der Waals surface area contributed by atoms with Gasteiger partial charge in [-0.2, -0.15) is 0 Å². The first-order chi connectivity index (χ1) is 9.08. The Labute approximate surface area is 118 Å². The molecule has 2 heterocycles. The van der Waals surface area contributed by atoms with Crippen LogP contribution in [-0.2, 0) is 14.8 Å². The van der Waals surface area contributed by atoms with Gasteiger partial charge in [-0.15, -0.1) is 11.3 Å². The predicted octanol–water partition coefficient (Wildman–Crippen LogP) is 1.04. The minimum atomic E-state index is -3.38.